The van der Waals surface area contributed by atoms with Gasteiger partial charge in [-0.05, 0) is 6.07 Å². The van der Waals surface area contributed by atoms with Crippen LogP contribution in [0, 0.1) is 6.42 Å². The van der Waals surface area contributed by atoms with E-state index in [1.165, 1.54) is 18.6 Å². The Bertz CT molecular complexity index is 593. The lowest BCUT2D eigenvalue weighted by Crippen LogP contribution is -2.17. The highest BCUT2D eigenvalue weighted by Gasteiger charge is 2.07. The van der Waals surface area contributed by atoms with Crippen LogP contribution in [0.15, 0.2) is 29.5 Å². The molecule has 0 aliphatic rings. The zero-order valence-electron chi connectivity index (χ0n) is 8.62. The Labute approximate surface area is 95.8 Å². The molecule has 2 rings (SSSR count). The maximum atomic E-state index is 11.4. The number of primary amides is 1. The largest absolute Gasteiger partial charge is 0.369 e. The average molecular weight is 230 g/mol. The van der Waals surface area contributed by atoms with E-state index in [-0.39, 0.29) is 11.4 Å². The third kappa shape index (κ3) is 2.71. The second-order valence-corrected chi connectivity index (χ2v) is 3.16. The van der Waals surface area contributed by atoms with Crippen LogP contribution in [0.25, 0.3) is 11.4 Å². The molecule has 0 atom stereocenters. The highest BCUT2D eigenvalue weighted by molar-refractivity contribution is 5.85. The molecule has 0 saturated carbocycles. The number of hydrogen-bond acceptors (Lipinski definition) is 5. The summed E-state index contributed by atoms with van der Waals surface area (Å²) in [4.78, 5) is 36.2. The summed E-state index contributed by atoms with van der Waals surface area (Å²) in [6.07, 6.45) is 3.91. The quantitative estimate of drug-likeness (QED) is 0.720. The molecule has 7 nitrogen and oxygen atoms in total. The van der Waals surface area contributed by atoms with Crippen molar-refractivity contribution >= 4 is 5.91 Å². The van der Waals surface area contributed by atoms with Crippen LogP contribution in [0.4, 0.5) is 0 Å². The average Bonchev–Trinajstić information content (AvgIpc) is 2.28. The molecule has 0 spiro atoms. The predicted molar refractivity (Wildman–Crippen MR) is 58.5 cm³/mol. The Hall–Kier alpha value is -2.57. The van der Waals surface area contributed by atoms with Gasteiger partial charge in [-0.15, -0.1) is 0 Å². The van der Waals surface area contributed by atoms with Gasteiger partial charge in [0.25, 0.3) is 5.56 Å². The predicted octanol–water partition coefficient (Wildman–Crippen LogP) is -0.735. The number of hydrogen-bond donors (Lipinski definition) is 2. The maximum Gasteiger partial charge on any atom is 0.251 e. The van der Waals surface area contributed by atoms with Crippen molar-refractivity contribution in [3.8, 4) is 11.4 Å². The van der Waals surface area contributed by atoms with E-state index in [1.54, 1.807) is 6.07 Å². The normalized spacial score (nSPS) is 10.1. The molecule has 17 heavy (non-hydrogen) atoms. The number of carbonyl (C=O) groups excluding carboxylic acids is 1. The molecule has 1 radical (unpaired) electrons. The van der Waals surface area contributed by atoms with Crippen LogP contribution < -0.4 is 11.3 Å². The highest BCUT2D eigenvalue weighted by Crippen LogP contribution is 2.10. The Kier molecular flexibility index (Phi) is 2.91. The minimum Gasteiger partial charge on any atom is -0.369 e. The summed E-state index contributed by atoms with van der Waals surface area (Å²) in [5, 5.41) is 0. The fraction of sp³-hybridized carbons (Fsp3) is 0. The summed E-state index contributed by atoms with van der Waals surface area (Å²) >= 11 is 0. The van der Waals surface area contributed by atoms with Gasteiger partial charge in [0.2, 0.25) is 5.91 Å². The van der Waals surface area contributed by atoms with Gasteiger partial charge in [-0.1, -0.05) is 0 Å². The first-order chi connectivity index (χ1) is 8.15. The number of H-pyrrole nitrogens is 1. The first-order valence-corrected chi connectivity index (χ1v) is 4.67. The SMILES string of the molecule is NC(=O)[CH]c1nc(-c2ccncn2)cc(=O)[nH]1. The van der Waals surface area contributed by atoms with Crippen LogP contribution in [0.1, 0.15) is 5.82 Å². The van der Waals surface area contributed by atoms with E-state index in [0.717, 1.165) is 6.42 Å². The molecule has 0 fully saturated rings. The third-order valence-electron chi connectivity index (χ3n) is 1.88. The fourth-order valence-corrected chi connectivity index (χ4v) is 1.25. The van der Waals surface area contributed by atoms with Crippen molar-refractivity contribution in [1.82, 2.24) is 19.9 Å². The standard InChI is InChI=1S/C10H8N5O2/c11-8(16)4-9-14-7(3-10(17)15-9)6-1-2-12-5-13-6/h1-5H,(H2,11,16)(H,14,15,17). The molecular weight excluding hydrogens is 222 g/mol. The number of amides is 1. The molecule has 0 aromatic carbocycles. The highest BCUT2D eigenvalue weighted by atomic mass is 16.1. The molecule has 0 unspecified atom stereocenters. The number of carbonyl (C=O) groups is 1. The van der Waals surface area contributed by atoms with Crippen molar-refractivity contribution in [2.75, 3.05) is 0 Å². The first kappa shape index (κ1) is 10.9. The van der Waals surface area contributed by atoms with Crippen molar-refractivity contribution < 1.29 is 4.79 Å². The van der Waals surface area contributed by atoms with Crippen molar-refractivity contribution in [2.24, 2.45) is 5.73 Å². The molecule has 2 aromatic rings. The van der Waals surface area contributed by atoms with Crippen molar-refractivity contribution in [2.45, 2.75) is 0 Å². The minimum absolute atomic E-state index is 0.0959. The van der Waals surface area contributed by atoms with Gasteiger partial charge in [-0.3, -0.25) is 9.59 Å². The Morgan fingerprint density at radius 2 is 2.24 bits per heavy atom. The lowest BCUT2D eigenvalue weighted by molar-refractivity contribution is -0.114. The summed E-state index contributed by atoms with van der Waals surface area (Å²) < 4.78 is 0. The van der Waals surface area contributed by atoms with Crippen LogP contribution >= 0.6 is 0 Å². The molecule has 0 bridgehead atoms. The zero-order valence-corrected chi connectivity index (χ0v) is 8.62. The summed E-state index contributed by atoms with van der Waals surface area (Å²) in [6, 6.07) is 2.89. The molecule has 3 N–H and O–H groups in total. The number of aromatic amines is 1. The third-order valence-corrected chi connectivity index (χ3v) is 1.88. The van der Waals surface area contributed by atoms with E-state index >= 15 is 0 Å². The van der Waals surface area contributed by atoms with Crippen molar-refractivity contribution in [1.29, 1.82) is 0 Å². The van der Waals surface area contributed by atoms with Crippen LogP contribution in [0.2, 0.25) is 0 Å². The Morgan fingerprint density at radius 3 is 2.88 bits per heavy atom. The summed E-state index contributed by atoms with van der Waals surface area (Å²) in [5.41, 5.74) is 5.43. The van der Waals surface area contributed by atoms with Gasteiger partial charge in [0.1, 0.15) is 18.6 Å². The first-order valence-electron chi connectivity index (χ1n) is 4.67. The van der Waals surface area contributed by atoms with E-state index in [0.29, 0.717) is 11.4 Å². The van der Waals surface area contributed by atoms with E-state index in [4.69, 9.17) is 5.73 Å². The van der Waals surface area contributed by atoms with Gasteiger partial charge in [-0.2, -0.15) is 0 Å². The lowest BCUT2D eigenvalue weighted by atomic mass is 10.2. The molecule has 7 heteroatoms. The van der Waals surface area contributed by atoms with Crippen LogP contribution in [0.5, 0.6) is 0 Å². The number of aromatic nitrogens is 4. The van der Waals surface area contributed by atoms with Crippen LogP contribution in [0.3, 0.4) is 0 Å². The molecule has 2 heterocycles. The van der Waals surface area contributed by atoms with Crippen molar-refractivity contribution in [3.63, 3.8) is 0 Å². The monoisotopic (exact) mass is 230 g/mol. The van der Waals surface area contributed by atoms with Crippen LogP contribution in [-0.4, -0.2) is 25.8 Å². The van der Waals surface area contributed by atoms with Crippen molar-refractivity contribution in [3.05, 3.63) is 47.3 Å². The molecule has 2 aromatic heterocycles. The van der Waals surface area contributed by atoms with Crippen LogP contribution in [-0.2, 0) is 4.79 Å². The van der Waals surface area contributed by atoms with Gasteiger partial charge in [0, 0.05) is 12.3 Å². The number of nitrogens with two attached hydrogens (primary N) is 1. The Morgan fingerprint density at radius 1 is 1.41 bits per heavy atom. The second kappa shape index (κ2) is 4.52. The summed E-state index contributed by atoms with van der Waals surface area (Å²) in [7, 11) is 0. The number of nitrogens with one attached hydrogen (secondary N) is 1. The summed E-state index contributed by atoms with van der Waals surface area (Å²) in [5.74, 6) is -0.591. The minimum atomic E-state index is -0.687. The van der Waals surface area contributed by atoms with E-state index in [2.05, 4.69) is 19.9 Å². The van der Waals surface area contributed by atoms with E-state index in [9.17, 15) is 9.59 Å². The topological polar surface area (TPSA) is 115 Å². The number of nitrogens with zero attached hydrogens (tertiary/aromatic N) is 3. The second-order valence-electron chi connectivity index (χ2n) is 3.16. The van der Waals surface area contributed by atoms with E-state index < -0.39 is 5.91 Å². The molecule has 1 amide bonds. The number of rotatable bonds is 3. The smallest absolute Gasteiger partial charge is 0.251 e. The van der Waals surface area contributed by atoms with Gasteiger partial charge in [0.05, 0.1) is 11.4 Å². The fourth-order valence-electron chi connectivity index (χ4n) is 1.25. The lowest BCUT2D eigenvalue weighted by Gasteiger charge is -2.01. The molecule has 0 aliphatic carbocycles. The zero-order chi connectivity index (χ0) is 12.3. The maximum absolute atomic E-state index is 11.4. The van der Waals surface area contributed by atoms with Gasteiger partial charge >= 0.3 is 0 Å². The molecule has 0 saturated heterocycles. The summed E-state index contributed by atoms with van der Waals surface area (Å²) in [6.45, 7) is 0. The van der Waals surface area contributed by atoms with Gasteiger partial charge < -0.3 is 10.7 Å². The van der Waals surface area contributed by atoms with Gasteiger partial charge in [0.15, 0.2) is 0 Å². The molecule has 85 valence electrons. The molecular formula is C10H8N5O2. The molecule has 0 aliphatic heterocycles. The van der Waals surface area contributed by atoms with E-state index in [1.807, 2.05) is 0 Å². The van der Waals surface area contributed by atoms with Gasteiger partial charge in [-0.25, -0.2) is 15.0 Å². The Balaban J connectivity index is 2.45.